The quantitative estimate of drug-likeness (QED) is 0.338. The zero-order valence-electron chi connectivity index (χ0n) is 19.4. The number of aliphatic hydroxyl groups excluding tert-OH is 1. The topological polar surface area (TPSA) is 124 Å². The summed E-state index contributed by atoms with van der Waals surface area (Å²) in [7, 11) is -2.19. The second-order valence-electron chi connectivity index (χ2n) is 8.31. The smallest absolute Gasteiger partial charge is 0.321 e. The first-order valence-corrected chi connectivity index (χ1v) is 12.9. The van der Waals surface area contributed by atoms with Crippen molar-refractivity contribution in [2.24, 2.45) is 0 Å². The average molecular weight is 496 g/mol. The van der Waals surface area contributed by atoms with Gasteiger partial charge in [0.15, 0.2) is 0 Å². The SMILES string of the molecule is CNC(=O)N1CCc2cc(S(=O)(=O)Nc3ccc(CCNC[C@H](O)c4cccnc4)cc3)ccc21. The summed E-state index contributed by atoms with van der Waals surface area (Å²) in [5.74, 6) is 0. The Kier molecular flexibility index (Phi) is 7.64. The van der Waals surface area contributed by atoms with Crippen molar-refractivity contribution in [3.63, 3.8) is 0 Å². The van der Waals surface area contributed by atoms with Crippen molar-refractivity contribution in [3.05, 3.63) is 83.7 Å². The fourth-order valence-electron chi connectivity index (χ4n) is 4.01. The van der Waals surface area contributed by atoms with Crippen LogP contribution in [-0.4, -0.2) is 51.2 Å². The molecule has 1 aliphatic rings. The molecule has 184 valence electrons. The minimum Gasteiger partial charge on any atom is -0.387 e. The van der Waals surface area contributed by atoms with E-state index in [1.54, 1.807) is 54.7 Å². The number of nitrogens with zero attached hydrogens (tertiary/aromatic N) is 2. The molecule has 0 saturated heterocycles. The molecule has 4 rings (SSSR count). The van der Waals surface area contributed by atoms with Crippen LogP contribution in [0.1, 0.15) is 22.8 Å². The number of amides is 2. The van der Waals surface area contributed by atoms with Crippen LogP contribution in [-0.2, 0) is 22.9 Å². The van der Waals surface area contributed by atoms with Crippen LogP contribution in [0.15, 0.2) is 71.9 Å². The van der Waals surface area contributed by atoms with Crippen LogP contribution in [0.25, 0.3) is 0 Å². The van der Waals surface area contributed by atoms with E-state index in [1.165, 1.54) is 6.07 Å². The second-order valence-corrected chi connectivity index (χ2v) is 9.99. The highest BCUT2D eigenvalue weighted by atomic mass is 32.2. The average Bonchev–Trinajstić information content (AvgIpc) is 3.31. The summed E-state index contributed by atoms with van der Waals surface area (Å²) >= 11 is 0. The van der Waals surface area contributed by atoms with Gasteiger partial charge in [-0.3, -0.25) is 14.6 Å². The number of nitrogens with one attached hydrogen (secondary N) is 3. The van der Waals surface area contributed by atoms with Crippen molar-refractivity contribution >= 4 is 27.4 Å². The summed E-state index contributed by atoms with van der Waals surface area (Å²) in [6.45, 7) is 1.61. The molecule has 0 unspecified atom stereocenters. The fourth-order valence-corrected chi connectivity index (χ4v) is 5.12. The van der Waals surface area contributed by atoms with Gasteiger partial charge in [0, 0.05) is 49.5 Å². The first-order chi connectivity index (χ1) is 16.9. The summed E-state index contributed by atoms with van der Waals surface area (Å²) in [6.07, 6.45) is 4.04. The predicted octanol–water partition coefficient (Wildman–Crippen LogP) is 2.45. The lowest BCUT2D eigenvalue weighted by Crippen LogP contribution is -2.36. The predicted molar refractivity (Wildman–Crippen MR) is 135 cm³/mol. The molecule has 2 amide bonds. The molecular formula is C25H29N5O4S. The molecule has 9 nitrogen and oxygen atoms in total. The number of hydrogen-bond acceptors (Lipinski definition) is 6. The molecule has 1 atom stereocenters. The summed E-state index contributed by atoms with van der Waals surface area (Å²) in [5, 5.41) is 16.0. The summed E-state index contributed by atoms with van der Waals surface area (Å²) in [5.41, 5.74) is 3.84. The molecule has 2 aromatic carbocycles. The Morgan fingerprint density at radius 1 is 1.17 bits per heavy atom. The number of anilines is 2. The lowest BCUT2D eigenvalue weighted by atomic mass is 10.1. The number of urea groups is 1. The van der Waals surface area contributed by atoms with E-state index in [2.05, 4.69) is 20.3 Å². The molecule has 1 aliphatic heterocycles. The van der Waals surface area contributed by atoms with E-state index in [-0.39, 0.29) is 10.9 Å². The molecule has 4 N–H and O–H groups in total. The maximum absolute atomic E-state index is 12.9. The molecule has 2 heterocycles. The first kappa shape index (κ1) is 24.6. The summed E-state index contributed by atoms with van der Waals surface area (Å²) in [6, 6.07) is 15.5. The number of pyridine rings is 1. The van der Waals surface area contributed by atoms with Crippen LogP contribution in [0, 0.1) is 0 Å². The largest absolute Gasteiger partial charge is 0.387 e. The van der Waals surface area contributed by atoms with E-state index in [0.29, 0.717) is 31.7 Å². The van der Waals surface area contributed by atoms with Crippen molar-refractivity contribution in [3.8, 4) is 0 Å². The number of aromatic nitrogens is 1. The minimum absolute atomic E-state index is 0.162. The van der Waals surface area contributed by atoms with E-state index >= 15 is 0 Å². The third-order valence-corrected chi connectivity index (χ3v) is 7.30. The lowest BCUT2D eigenvalue weighted by molar-refractivity contribution is 0.174. The molecule has 35 heavy (non-hydrogen) atoms. The van der Waals surface area contributed by atoms with Crippen LogP contribution in [0.3, 0.4) is 0 Å². The molecule has 0 saturated carbocycles. The van der Waals surface area contributed by atoms with Crippen molar-refractivity contribution in [1.82, 2.24) is 15.6 Å². The third kappa shape index (κ3) is 5.97. The lowest BCUT2D eigenvalue weighted by Gasteiger charge is -2.16. The molecule has 0 aliphatic carbocycles. The zero-order chi connectivity index (χ0) is 24.8. The normalized spacial score (nSPS) is 13.8. The van der Waals surface area contributed by atoms with Gasteiger partial charge in [-0.2, -0.15) is 0 Å². The molecule has 0 radical (unpaired) electrons. The van der Waals surface area contributed by atoms with Gasteiger partial charge in [0.2, 0.25) is 0 Å². The number of benzene rings is 2. The molecular weight excluding hydrogens is 466 g/mol. The van der Waals surface area contributed by atoms with Crippen LogP contribution in [0.4, 0.5) is 16.2 Å². The van der Waals surface area contributed by atoms with Gasteiger partial charge in [-0.15, -0.1) is 0 Å². The van der Waals surface area contributed by atoms with E-state index in [1.807, 2.05) is 18.2 Å². The Balaban J connectivity index is 1.31. The van der Waals surface area contributed by atoms with Crippen LogP contribution in [0.5, 0.6) is 0 Å². The van der Waals surface area contributed by atoms with Crippen molar-refractivity contribution in [1.29, 1.82) is 0 Å². The van der Waals surface area contributed by atoms with Gasteiger partial charge in [-0.1, -0.05) is 18.2 Å². The Morgan fingerprint density at radius 2 is 1.97 bits per heavy atom. The number of carbonyl (C=O) groups is 1. The van der Waals surface area contributed by atoms with Gasteiger partial charge in [0.25, 0.3) is 10.0 Å². The molecule has 3 aromatic rings. The number of hydrogen-bond donors (Lipinski definition) is 4. The number of carbonyl (C=O) groups excluding carboxylic acids is 1. The van der Waals surface area contributed by atoms with E-state index in [4.69, 9.17) is 0 Å². The van der Waals surface area contributed by atoms with E-state index in [9.17, 15) is 18.3 Å². The Morgan fingerprint density at radius 3 is 2.69 bits per heavy atom. The Bertz CT molecular complexity index is 1270. The van der Waals surface area contributed by atoms with Crippen molar-refractivity contribution in [2.75, 3.05) is 36.3 Å². The summed E-state index contributed by atoms with van der Waals surface area (Å²) in [4.78, 5) is 17.7. The van der Waals surface area contributed by atoms with Crippen molar-refractivity contribution in [2.45, 2.75) is 23.8 Å². The third-order valence-electron chi connectivity index (χ3n) is 5.92. The number of rotatable bonds is 9. The van der Waals surface area contributed by atoms with Crippen LogP contribution in [0.2, 0.25) is 0 Å². The summed E-state index contributed by atoms with van der Waals surface area (Å²) < 4.78 is 28.4. The maximum Gasteiger partial charge on any atom is 0.321 e. The molecule has 0 bridgehead atoms. The van der Waals surface area contributed by atoms with Gasteiger partial charge < -0.3 is 15.7 Å². The molecule has 0 spiro atoms. The number of fused-ring (bicyclic) bond motifs is 1. The standard InChI is InChI=1S/C25H29N5O4S/c1-26-25(32)30-14-11-19-15-22(8-9-23(19)30)35(33,34)29-21-6-4-18(5-7-21)10-13-28-17-24(31)20-3-2-12-27-16-20/h2-9,12,15-16,24,28-29,31H,10-11,13-14,17H2,1H3,(H,26,32)/t24-/m0/s1. The fraction of sp³-hybridized carbons (Fsp3) is 0.280. The van der Waals surface area contributed by atoms with Gasteiger partial charge in [-0.25, -0.2) is 13.2 Å². The highest BCUT2D eigenvalue weighted by molar-refractivity contribution is 7.92. The highest BCUT2D eigenvalue weighted by Gasteiger charge is 2.26. The number of aliphatic hydroxyl groups is 1. The Labute approximate surface area is 205 Å². The van der Waals surface area contributed by atoms with Crippen LogP contribution < -0.4 is 20.3 Å². The van der Waals surface area contributed by atoms with Gasteiger partial charge in [0.1, 0.15) is 0 Å². The number of sulfonamides is 1. The zero-order valence-corrected chi connectivity index (χ0v) is 20.3. The Hall–Kier alpha value is -3.47. The van der Waals surface area contributed by atoms with Gasteiger partial charge in [-0.05, 0) is 66.9 Å². The molecule has 10 heteroatoms. The van der Waals surface area contributed by atoms with E-state index < -0.39 is 16.1 Å². The molecule has 0 fully saturated rings. The van der Waals surface area contributed by atoms with Crippen LogP contribution >= 0.6 is 0 Å². The maximum atomic E-state index is 12.9. The van der Waals surface area contributed by atoms with Gasteiger partial charge in [0.05, 0.1) is 11.0 Å². The highest BCUT2D eigenvalue weighted by Crippen LogP contribution is 2.30. The monoisotopic (exact) mass is 495 g/mol. The van der Waals surface area contributed by atoms with Crippen molar-refractivity contribution < 1.29 is 18.3 Å². The second kappa shape index (κ2) is 10.9. The van der Waals surface area contributed by atoms with Gasteiger partial charge >= 0.3 is 6.03 Å². The van der Waals surface area contributed by atoms with E-state index in [0.717, 1.165) is 28.8 Å². The molecule has 1 aromatic heterocycles. The minimum atomic E-state index is -3.76. The first-order valence-electron chi connectivity index (χ1n) is 11.4.